The summed E-state index contributed by atoms with van der Waals surface area (Å²) in [5, 5.41) is 8.53. The maximum atomic E-state index is 8.53. The largest absolute Gasteiger partial charge is 0.392 e. The Kier molecular flexibility index (Phi) is 3.91. The average molecular weight is 293 g/mol. The maximum absolute atomic E-state index is 8.53. The Bertz CT molecular complexity index is 299. The van der Waals surface area contributed by atoms with Crippen molar-refractivity contribution in [3.05, 3.63) is 33.0 Å². The zero-order chi connectivity index (χ0) is 8.97. The van der Waals surface area contributed by atoms with Gasteiger partial charge in [-0.15, -0.1) is 0 Å². The number of aliphatic hydroxyl groups is 1. The van der Waals surface area contributed by atoms with E-state index in [4.69, 9.17) is 5.11 Å². The van der Waals surface area contributed by atoms with E-state index in [9.17, 15) is 0 Å². The molecule has 0 fully saturated rings. The van der Waals surface area contributed by atoms with Crippen LogP contribution < -0.4 is 0 Å². The number of aromatic nitrogens is 1. The molecule has 0 saturated heterocycles. The van der Waals surface area contributed by atoms with Crippen LogP contribution in [0.1, 0.15) is 5.69 Å². The van der Waals surface area contributed by atoms with E-state index in [1.165, 1.54) is 0 Å². The summed E-state index contributed by atoms with van der Waals surface area (Å²) < 4.78 is 1.83. The number of nitrogens with zero attached hydrogens (tertiary/aromatic N) is 1. The highest BCUT2D eigenvalue weighted by Gasteiger charge is 1.96. The zero-order valence-corrected chi connectivity index (χ0v) is 9.34. The van der Waals surface area contributed by atoms with E-state index >= 15 is 0 Å². The van der Waals surface area contributed by atoms with Gasteiger partial charge in [-0.1, -0.05) is 6.08 Å². The minimum Gasteiger partial charge on any atom is -0.392 e. The van der Waals surface area contributed by atoms with Crippen LogP contribution in [-0.4, -0.2) is 16.7 Å². The van der Waals surface area contributed by atoms with Crippen LogP contribution in [0, 0.1) is 0 Å². The summed E-state index contributed by atoms with van der Waals surface area (Å²) in [4.78, 5) is 4.12. The minimum absolute atomic E-state index is 0.0319. The Morgan fingerprint density at radius 2 is 2.25 bits per heavy atom. The average Bonchev–Trinajstić information content (AvgIpc) is 2.03. The third kappa shape index (κ3) is 2.69. The second-order valence-corrected chi connectivity index (χ2v) is 3.88. The molecule has 1 aromatic rings. The van der Waals surface area contributed by atoms with Gasteiger partial charge in [0, 0.05) is 15.1 Å². The second kappa shape index (κ2) is 4.74. The number of pyridine rings is 1. The van der Waals surface area contributed by atoms with Crippen LogP contribution in [0.2, 0.25) is 0 Å². The van der Waals surface area contributed by atoms with E-state index in [2.05, 4.69) is 36.8 Å². The lowest BCUT2D eigenvalue weighted by Gasteiger charge is -1.96. The second-order valence-electron chi connectivity index (χ2n) is 2.11. The highest BCUT2D eigenvalue weighted by Crippen LogP contribution is 2.20. The third-order valence-corrected chi connectivity index (χ3v) is 2.29. The van der Waals surface area contributed by atoms with E-state index < -0.39 is 0 Å². The predicted octanol–water partition coefficient (Wildman–Crippen LogP) is 2.61. The number of aliphatic hydroxyl groups excluding tert-OH is 1. The van der Waals surface area contributed by atoms with Crippen molar-refractivity contribution in [2.24, 2.45) is 0 Å². The van der Waals surface area contributed by atoms with Gasteiger partial charge in [-0.3, -0.25) is 4.98 Å². The molecule has 4 heteroatoms. The van der Waals surface area contributed by atoms with Gasteiger partial charge in [0.2, 0.25) is 0 Å². The quantitative estimate of drug-likeness (QED) is 0.909. The molecule has 0 aliphatic carbocycles. The Hall–Kier alpha value is -0.190. The monoisotopic (exact) mass is 291 g/mol. The molecule has 1 aromatic heterocycles. The van der Waals surface area contributed by atoms with Crippen LogP contribution in [-0.2, 0) is 0 Å². The molecule has 0 spiro atoms. The standard InChI is InChI=1S/C8H7Br2NO/c9-6-4-7(10)8(11-5-6)2-1-3-12/h1-2,4-5,12H,3H2/b2-1+. The molecule has 0 unspecified atom stereocenters. The molecule has 0 aromatic carbocycles. The van der Waals surface area contributed by atoms with Gasteiger partial charge < -0.3 is 5.11 Å². The van der Waals surface area contributed by atoms with Crippen molar-refractivity contribution in [2.75, 3.05) is 6.61 Å². The van der Waals surface area contributed by atoms with Crippen LogP contribution in [0.5, 0.6) is 0 Å². The molecule has 0 saturated carbocycles. The van der Waals surface area contributed by atoms with Crippen molar-refractivity contribution >= 4 is 37.9 Å². The first-order valence-corrected chi connectivity index (χ1v) is 4.91. The highest BCUT2D eigenvalue weighted by molar-refractivity contribution is 9.11. The lowest BCUT2D eigenvalue weighted by atomic mass is 10.3. The fourth-order valence-electron chi connectivity index (χ4n) is 0.712. The molecule has 0 radical (unpaired) electrons. The van der Waals surface area contributed by atoms with Crippen LogP contribution in [0.3, 0.4) is 0 Å². The van der Waals surface area contributed by atoms with Crippen molar-refractivity contribution in [1.29, 1.82) is 0 Å². The fraction of sp³-hybridized carbons (Fsp3) is 0.125. The zero-order valence-electron chi connectivity index (χ0n) is 6.17. The summed E-state index contributed by atoms with van der Waals surface area (Å²) in [5.41, 5.74) is 0.812. The lowest BCUT2D eigenvalue weighted by Crippen LogP contribution is -1.83. The molecule has 1 N–H and O–H groups in total. The normalized spacial score (nSPS) is 10.9. The number of halogens is 2. The van der Waals surface area contributed by atoms with Crippen molar-refractivity contribution < 1.29 is 5.11 Å². The SMILES string of the molecule is OC/C=C/c1ncc(Br)cc1Br. The molecule has 2 nitrogen and oxygen atoms in total. The van der Waals surface area contributed by atoms with Gasteiger partial charge in [0.05, 0.1) is 12.3 Å². The Morgan fingerprint density at radius 1 is 1.50 bits per heavy atom. The van der Waals surface area contributed by atoms with E-state index in [0.29, 0.717) is 0 Å². The molecule has 64 valence electrons. The van der Waals surface area contributed by atoms with E-state index in [-0.39, 0.29) is 6.61 Å². The van der Waals surface area contributed by atoms with Gasteiger partial charge in [0.25, 0.3) is 0 Å². The van der Waals surface area contributed by atoms with Gasteiger partial charge >= 0.3 is 0 Å². The third-order valence-electron chi connectivity index (χ3n) is 1.22. The molecule has 0 aliphatic heterocycles. The summed E-state index contributed by atoms with van der Waals surface area (Å²) in [6, 6.07) is 1.91. The first-order chi connectivity index (χ1) is 5.74. The van der Waals surface area contributed by atoms with Crippen LogP contribution in [0.4, 0.5) is 0 Å². The molecule has 12 heavy (non-hydrogen) atoms. The molecule has 1 rings (SSSR count). The summed E-state index contributed by atoms with van der Waals surface area (Å²) >= 11 is 6.65. The highest BCUT2D eigenvalue weighted by atomic mass is 79.9. The van der Waals surface area contributed by atoms with Crippen molar-refractivity contribution in [2.45, 2.75) is 0 Å². The molecule has 0 aliphatic rings. The molecular formula is C8H7Br2NO. The van der Waals surface area contributed by atoms with E-state index in [1.807, 2.05) is 6.07 Å². The summed E-state index contributed by atoms with van der Waals surface area (Å²) in [5.74, 6) is 0. The molecule has 0 amide bonds. The predicted molar refractivity (Wildman–Crippen MR) is 55.8 cm³/mol. The van der Waals surface area contributed by atoms with Gasteiger partial charge in [-0.2, -0.15) is 0 Å². The number of rotatable bonds is 2. The number of hydrogen-bond donors (Lipinski definition) is 1. The molecule has 0 bridgehead atoms. The maximum Gasteiger partial charge on any atom is 0.0770 e. The van der Waals surface area contributed by atoms with Crippen LogP contribution in [0.25, 0.3) is 6.08 Å². The topological polar surface area (TPSA) is 33.1 Å². The van der Waals surface area contributed by atoms with Crippen LogP contribution >= 0.6 is 31.9 Å². The number of hydrogen-bond acceptors (Lipinski definition) is 2. The molecular weight excluding hydrogens is 286 g/mol. The Labute approximate surface area is 87.6 Å². The summed E-state index contributed by atoms with van der Waals surface area (Å²) in [7, 11) is 0. The summed E-state index contributed by atoms with van der Waals surface area (Å²) in [6.07, 6.45) is 5.11. The lowest BCUT2D eigenvalue weighted by molar-refractivity contribution is 0.343. The Balaban J connectivity index is 2.94. The first kappa shape index (κ1) is 9.89. The molecule has 1 heterocycles. The van der Waals surface area contributed by atoms with Crippen molar-refractivity contribution in [1.82, 2.24) is 4.98 Å². The van der Waals surface area contributed by atoms with Gasteiger partial charge in [-0.05, 0) is 44.0 Å². The summed E-state index contributed by atoms with van der Waals surface area (Å²) in [6.45, 7) is 0.0319. The minimum atomic E-state index is 0.0319. The van der Waals surface area contributed by atoms with Crippen LogP contribution in [0.15, 0.2) is 27.3 Å². The first-order valence-electron chi connectivity index (χ1n) is 3.32. The van der Waals surface area contributed by atoms with E-state index in [0.717, 1.165) is 14.6 Å². The van der Waals surface area contributed by atoms with Gasteiger partial charge in [0.15, 0.2) is 0 Å². The van der Waals surface area contributed by atoms with E-state index in [1.54, 1.807) is 18.3 Å². The Morgan fingerprint density at radius 3 is 2.83 bits per heavy atom. The molecule has 0 atom stereocenters. The smallest absolute Gasteiger partial charge is 0.0770 e. The fourth-order valence-corrected chi connectivity index (χ4v) is 1.83. The van der Waals surface area contributed by atoms with Crippen molar-refractivity contribution in [3.63, 3.8) is 0 Å². The van der Waals surface area contributed by atoms with Gasteiger partial charge in [-0.25, -0.2) is 0 Å². The van der Waals surface area contributed by atoms with Gasteiger partial charge in [0.1, 0.15) is 0 Å². The van der Waals surface area contributed by atoms with Crippen molar-refractivity contribution in [3.8, 4) is 0 Å².